The van der Waals surface area contributed by atoms with E-state index in [2.05, 4.69) is 24.1 Å². The first-order chi connectivity index (χ1) is 14.8. The number of anilines is 1. The summed E-state index contributed by atoms with van der Waals surface area (Å²) < 4.78 is 6.92. The highest BCUT2D eigenvalue weighted by atomic mass is 16.5. The van der Waals surface area contributed by atoms with Gasteiger partial charge in [-0.3, -0.25) is 19.1 Å². The van der Waals surface area contributed by atoms with Gasteiger partial charge in [0, 0.05) is 40.2 Å². The minimum absolute atomic E-state index is 0.0756. The van der Waals surface area contributed by atoms with Gasteiger partial charge in [0.1, 0.15) is 25.2 Å². The van der Waals surface area contributed by atoms with Crippen molar-refractivity contribution < 1.29 is 19.1 Å². The lowest BCUT2D eigenvalue weighted by Crippen LogP contribution is -2.38. The topological polar surface area (TPSA) is 92.9 Å². The summed E-state index contributed by atoms with van der Waals surface area (Å²) in [5, 5.41) is 18.3. The number of benzene rings is 2. The number of aromatic nitrogens is 1. The number of hydrogen-bond acceptors (Lipinski definition) is 6. The molecule has 2 aromatic carbocycles. The highest BCUT2D eigenvalue weighted by molar-refractivity contribution is 6.15. The molecule has 162 valence electrons. The van der Waals surface area contributed by atoms with Crippen molar-refractivity contribution in [2.24, 2.45) is 4.99 Å². The smallest absolute Gasteiger partial charge is 0.305 e. The van der Waals surface area contributed by atoms with Crippen molar-refractivity contribution in [3.05, 3.63) is 40.0 Å². The molecular formula is C23H27N4O4+. The minimum Gasteiger partial charge on any atom is -0.494 e. The van der Waals surface area contributed by atoms with Crippen LogP contribution in [0, 0.1) is 0 Å². The van der Waals surface area contributed by atoms with Crippen LogP contribution >= 0.6 is 0 Å². The second-order valence-corrected chi connectivity index (χ2v) is 9.25. The predicted octanol–water partition coefficient (Wildman–Crippen LogP) is 1.40. The van der Waals surface area contributed by atoms with Crippen molar-refractivity contribution in [3.63, 3.8) is 0 Å². The lowest BCUT2D eigenvalue weighted by molar-refractivity contribution is -0.878. The average molecular weight is 423 g/mol. The van der Waals surface area contributed by atoms with Crippen molar-refractivity contribution in [3.8, 4) is 5.88 Å². The van der Waals surface area contributed by atoms with E-state index < -0.39 is 0 Å². The van der Waals surface area contributed by atoms with E-state index in [1.807, 2.05) is 24.3 Å². The van der Waals surface area contributed by atoms with Gasteiger partial charge in [-0.05, 0) is 30.7 Å². The molecular weight excluding hydrogens is 396 g/mol. The molecule has 0 bridgehead atoms. The Morgan fingerprint density at radius 2 is 2.00 bits per heavy atom. The predicted molar refractivity (Wildman–Crippen MR) is 118 cm³/mol. The maximum atomic E-state index is 13.2. The van der Waals surface area contributed by atoms with Crippen LogP contribution < -0.4 is 16.2 Å². The summed E-state index contributed by atoms with van der Waals surface area (Å²) >= 11 is 0. The maximum Gasteiger partial charge on any atom is 0.305 e. The van der Waals surface area contributed by atoms with Crippen LogP contribution in [0.15, 0.2) is 34.1 Å². The van der Waals surface area contributed by atoms with Gasteiger partial charge in [0.05, 0.1) is 26.6 Å². The summed E-state index contributed by atoms with van der Waals surface area (Å²) in [7, 11) is 5.77. The number of quaternary nitrogens is 1. The fourth-order valence-corrected chi connectivity index (χ4v) is 5.16. The summed E-state index contributed by atoms with van der Waals surface area (Å²) in [6.07, 6.45) is 0.597. The van der Waals surface area contributed by atoms with Crippen LogP contribution in [0.2, 0.25) is 0 Å². The van der Waals surface area contributed by atoms with Gasteiger partial charge in [0.2, 0.25) is 5.88 Å². The van der Waals surface area contributed by atoms with Crippen molar-refractivity contribution in [2.75, 3.05) is 39.6 Å². The van der Waals surface area contributed by atoms with E-state index in [0.29, 0.717) is 17.2 Å². The molecule has 8 nitrogen and oxygen atoms in total. The number of pyridine rings is 1. The van der Waals surface area contributed by atoms with Crippen LogP contribution in [-0.4, -0.2) is 66.5 Å². The Balaban J connectivity index is 1.68. The van der Waals surface area contributed by atoms with Gasteiger partial charge < -0.3 is 19.6 Å². The second-order valence-electron chi connectivity index (χ2n) is 9.25. The first-order valence-corrected chi connectivity index (χ1v) is 10.6. The number of nitrogens with zero attached hydrogens (tertiary/aromatic N) is 3. The van der Waals surface area contributed by atoms with Gasteiger partial charge >= 0.3 is 5.97 Å². The van der Waals surface area contributed by atoms with Gasteiger partial charge in [-0.25, -0.2) is 0 Å². The normalized spacial score (nSPS) is 21.4. The molecule has 1 aromatic heterocycles. The number of rotatable bonds is 4. The zero-order chi connectivity index (χ0) is 21.9. The van der Waals surface area contributed by atoms with Crippen molar-refractivity contribution in [2.45, 2.75) is 31.5 Å². The quantitative estimate of drug-likeness (QED) is 0.489. The SMILES string of the molecule is COC(=O)CCCn1c(O)c2ccc3c4c(ccc(c1=O)c24)NC1C[N+](C)(C)CC1N=3. The number of methoxy groups -OCH3 is 1. The highest BCUT2D eigenvalue weighted by Crippen LogP contribution is 2.35. The molecule has 1 saturated heterocycles. The number of likely N-dealkylation sites (N-methyl/N-ethyl adjacent to an activating group) is 1. The highest BCUT2D eigenvalue weighted by Gasteiger charge is 2.41. The molecule has 2 unspecified atom stereocenters. The number of esters is 1. The van der Waals surface area contributed by atoms with Crippen LogP contribution in [0.5, 0.6) is 5.88 Å². The van der Waals surface area contributed by atoms with E-state index in [1.54, 1.807) is 0 Å². The molecule has 0 saturated carbocycles. The molecule has 2 atom stereocenters. The summed E-state index contributed by atoms with van der Waals surface area (Å²) in [5.74, 6) is -0.410. The lowest BCUT2D eigenvalue weighted by Gasteiger charge is -2.23. The van der Waals surface area contributed by atoms with E-state index in [9.17, 15) is 14.7 Å². The molecule has 2 aliphatic rings. The number of likely N-dealkylation sites (tertiary alicyclic amines) is 1. The van der Waals surface area contributed by atoms with Crippen LogP contribution in [-0.2, 0) is 16.1 Å². The van der Waals surface area contributed by atoms with Gasteiger partial charge in [-0.1, -0.05) is 0 Å². The molecule has 5 rings (SSSR count). The Labute approximate surface area is 179 Å². The second kappa shape index (κ2) is 6.95. The van der Waals surface area contributed by atoms with E-state index in [0.717, 1.165) is 39.4 Å². The van der Waals surface area contributed by atoms with Crippen LogP contribution in [0.3, 0.4) is 0 Å². The zero-order valence-electron chi connectivity index (χ0n) is 18.0. The molecule has 31 heavy (non-hydrogen) atoms. The van der Waals surface area contributed by atoms with E-state index in [-0.39, 0.29) is 42.5 Å². The van der Waals surface area contributed by atoms with Gasteiger partial charge in [-0.2, -0.15) is 0 Å². The molecule has 2 aliphatic heterocycles. The van der Waals surface area contributed by atoms with Crippen LogP contribution in [0.4, 0.5) is 5.69 Å². The van der Waals surface area contributed by atoms with Crippen molar-refractivity contribution in [1.82, 2.24) is 4.57 Å². The van der Waals surface area contributed by atoms with E-state index >= 15 is 0 Å². The summed E-state index contributed by atoms with van der Waals surface area (Å²) in [6.45, 7) is 2.17. The third-order valence-corrected chi connectivity index (χ3v) is 6.58. The lowest BCUT2D eigenvalue weighted by atomic mass is 10.00. The Hall–Kier alpha value is -3.13. The van der Waals surface area contributed by atoms with Crippen LogP contribution in [0.25, 0.3) is 21.5 Å². The number of carbonyl (C=O) groups is 1. The zero-order valence-corrected chi connectivity index (χ0v) is 18.0. The molecule has 0 spiro atoms. The largest absolute Gasteiger partial charge is 0.494 e. The van der Waals surface area contributed by atoms with Crippen LogP contribution in [0.1, 0.15) is 12.8 Å². The van der Waals surface area contributed by atoms with Gasteiger partial charge in [0.25, 0.3) is 5.56 Å². The number of hydrogen-bond donors (Lipinski definition) is 2. The molecule has 0 amide bonds. The van der Waals surface area contributed by atoms with E-state index in [1.165, 1.54) is 11.7 Å². The fraction of sp³-hybridized carbons (Fsp3) is 0.435. The molecule has 3 heterocycles. The summed E-state index contributed by atoms with van der Waals surface area (Å²) in [5.41, 5.74) is 0.689. The number of nitrogens with one attached hydrogen (secondary N) is 1. The Morgan fingerprint density at radius 1 is 1.23 bits per heavy atom. The summed E-state index contributed by atoms with van der Waals surface area (Å²) in [4.78, 5) is 29.7. The Kier molecular flexibility index (Phi) is 4.44. The van der Waals surface area contributed by atoms with E-state index in [4.69, 9.17) is 4.99 Å². The van der Waals surface area contributed by atoms with Crippen molar-refractivity contribution >= 4 is 33.2 Å². The maximum absolute atomic E-state index is 13.2. The fourth-order valence-electron chi connectivity index (χ4n) is 5.16. The molecule has 0 radical (unpaired) electrons. The third kappa shape index (κ3) is 3.13. The van der Waals surface area contributed by atoms with Crippen molar-refractivity contribution in [1.29, 1.82) is 0 Å². The third-order valence-electron chi connectivity index (χ3n) is 6.58. The first kappa shape index (κ1) is 19.8. The molecule has 0 aliphatic carbocycles. The number of aromatic hydroxyl groups is 1. The average Bonchev–Trinajstić information content (AvgIpc) is 2.93. The monoisotopic (exact) mass is 423 g/mol. The molecule has 1 fully saturated rings. The Morgan fingerprint density at radius 3 is 2.77 bits per heavy atom. The first-order valence-electron chi connectivity index (χ1n) is 10.6. The minimum atomic E-state index is -0.334. The molecule has 8 heteroatoms. The number of fused-ring (bicyclic) bond motifs is 1. The molecule has 3 aromatic rings. The standard InChI is InChI=1S/C23H26N4O4/c1-27(2)11-17-18(12-27)25-16-9-7-14-20-13(6-8-15(24-17)21(16)20)22(29)26(23(14)30)10-4-5-19(28)31-3/h6-9,17-18H,4-5,10-12H2,1-3H3,(H-,24,25,29,30)/p+1. The van der Waals surface area contributed by atoms with Gasteiger partial charge in [0.15, 0.2) is 0 Å². The summed E-state index contributed by atoms with van der Waals surface area (Å²) in [6, 6.07) is 7.95. The number of ether oxygens (including phenoxy) is 1. The Bertz CT molecular complexity index is 1330. The molecule has 2 N–H and O–H groups in total. The van der Waals surface area contributed by atoms with Gasteiger partial charge in [-0.15, -0.1) is 0 Å². The number of carbonyl (C=O) groups excluding carboxylic acids is 1.